The number of nitrogens with one attached hydrogen (secondary N) is 1. The quantitative estimate of drug-likeness (QED) is 0.666. The van der Waals surface area contributed by atoms with E-state index in [2.05, 4.69) is 5.32 Å². The molecule has 0 unspecified atom stereocenters. The van der Waals surface area contributed by atoms with Crippen molar-refractivity contribution in [2.24, 2.45) is 0 Å². The fraction of sp³-hybridized carbons (Fsp3) is 0.190. The fourth-order valence-electron chi connectivity index (χ4n) is 2.92. The maximum absolute atomic E-state index is 12.7. The van der Waals surface area contributed by atoms with Gasteiger partial charge in [-0.1, -0.05) is 60.7 Å². The van der Waals surface area contributed by atoms with Crippen LogP contribution in [0.4, 0.5) is 5.69 Å². The number of hydrogen-bond acceptors (Lipinski definition) is 3. The highest BCUT2D eigenvalue weighted by molar-refractivity contribution is 7.90. The molecule has 0 aliphatic heterocycles. The number of fused-ring (bicyclic) bond motifs is 1. The molecule has 0 aliphatic rings. The SMILES string of the molecule is CN(C)S(=O)(=O)N(CC(=O)NCc1cccc2ccccc12)c1ccccc1. The molecule has 146 valence electrons. The zero-order chi connectivity index (χ0) is 20.1. The van der Waals surface area contributed by atoms with Crippen LogP contribution in [0.2, 0.25) is 0 Å². The van der Waals surface area contributed by atoms with Crippen LogP contribution in [0.3, 0.4) is 0 Å². The van der Waals surface area contributed by atoms with E-state index in [1.54, 1.807) is 30.3 Å². The lowest BCUT2D eigenvalue weighted by molar-refractivity contribution is -0.119. The van der Waals surface area contributed by atoms with Gasteiger partial charge in [-0.3, -0.25) is 4.79 Å². The van der Waals surface area contributed by atoms with Crippen LogP contribution in [0.5, 0.6) is 0 Å². The number of amides is 1. The number of rotatable bonds is 7. The average molecular weight is 398 g/mol. The second kappa shape index (κ2) is 8.41. The first kappa shape index (κ1) is 19.9. The summed E-state index contributed by atoms with van der Waals surface area (Å²) < 4.78 is 27.6. The van der Waals surface area contributed by atoms with Crippen molar-refractivity contribution >= 4 is 32.6 Å². The summed E-state index contributed by atoms with van der Waals surface area (Å²) in [7, 11) is -0.911. The smallest absolute Gasteiger partial charge is 0.304 e. The Morgan fingerprint density at radius 3 is 2.25 bits per heavy atom. The van der Waals surface area contributed by atoms with Gasteiger partial charge in [0.25, 0.3) is 0 Å². The molecule has 6 nitrogen and oxygen atoms in total. The molecule has 0 saturated heterocycles. The van der Waals surface area contributed by atoms with Gasteiger partial charge in [0.05, 0.1) is 5.69 Å². The third-order valence-corrected chi connectivity index (χ3v) is 6.25. The van der Waals surface area contributed by atoms with Gasteiger partial charge in [0.15, 0.2) is 0 Å². The summed E-state index contributed by atoms with van der Waals surface area (Å²) >= 11 is 0. The van der Waals surface area contributed by atoms with Gasteiger partial charge < -0.3 is 5.32 Å². The molecule has 0 aliphatic carbocycles. The lowest BCUT2D eigenvalue weighted by Crippen LogP contribution is -2.45. The molecule has 0 fully saturated rings. The Morgan fingerprint density at radius 1 is 0.893 bits per heavy atom. The van der Waals surface area contributed by atoms with Gasteiger partial charge >= 0.3 is 10.2 Å². The molecule has 0 bridgehead atoms. The highest BCUT2D eigenvalue weighted by atomic mass is 32.2. The second-order valence-corrected chi connectivity index (χ2v) is 8.61. The third-order valence-electron chi connectivity index (χ3n) is 4.43. The number of para-hydroxylation sites is 1. The zero-order valence-corrected chi connectivity index (χ0v) is 16.7. The Kier molecular flexibility index (Phi) is 5.96. The van der Waals surface area contributed by atoms with E-state index < -0.39 is 10.2 Å². The molecule has 3 rings (SSSR count). The molecule has 0 spiro atoms. The maximum atomic E-state index is 12.7. The van der Waals surface area contributed by atoms with Crippen LogP contribution in [0.1, 0.15) is 5.56 Å². The predicted molar refractivity (Wildman–Crippen MR) is 112 cm³/mol. The summed E-state index contributed by atoms with van der Waals surface area (Å²) in [6.45, 7) is 0.0279. The molecule has 0 radical (unpaired) electrons. The monoisotopic (exact) mass is 397 g/mol. The number of carbonyl (C=O) groups excluding carboxylic acids is 1. The van der Waals surface area contributed by atoms with Crippen molar-refractivity contribution in [2.45, 2.75) is 6.54 Å². The van der Waals surface area contributed by atoms with E-state index in [4.69, 9.17) is 0 Å². The van der Waals surface area contributed by atoms with Gasteiger partial charge in [0, 0.05) is 20.6 Å². The second-order valence-electron chi connectivity index (χ2n) is 6.55. The molecule has 28 heavy (non-hydrogen) atoms. The van der Waals surface area contributed by atoms with Crippen molar-refractivity contribution in [1.29, 1.82) is 0 Å². The molecule has 0 aromatic heterocycles. The zero-order valence-electron chi connectivity index (χ0n) is 15.9. The topological polar surface area (TPSA) is 69.7 Å². The molecule has 1 N–H and O–H groups in total. The standard InChI is InChI=1S/C21H23N3O3S/c1-23(2)28(26,27)24(19-12-4-3-5-13-19)16-21(25)22-15-18-11-8-10-17-9-6-7-14-20(17)18/h3-14H,15-16H2,1-2H3,(H,22,25). The minimum atomic E-state index is -3.80. The molecule has 0 heterocycles. The number of nitrogens with zero attached hydrogens (tertiary/aromatic N) is 2. The molecule has 7 heteroatoms. The van der Waals surface area contributed by atoms with Crippen molar-refractivity contribution in [1.82, 2.24) is 9.62 Å². The first-order chi connectivity index (χ1) is 13.4. The largest absolute Gasteiger partial charge is 0.350 e. The maximum Gasteiger partial charge on any atom is 0.304 e. The molecular weight excluding hydrogens is 374 g/mol. The summed E-state index contributed by atoms with van der Waals surface area (Å²) in [6.07, 6.45) is 0. The lowest BCUT2D eigenvalue weighted by atomic mass is 10.0. The number of benzene rings is 3. The number of hydrogen-bond donors (Lipinski definition) is 1. The van der Waals surface area contributed by atoms with Crippen molar-refractivity contribution < 1.29 is 13.2 Å². The Morgan fingerprint density at radius 2 is 1.54 bits per heavy atom. The van der Waals surface area contributed by atoms with Crippen LogP contribution in [-0.2, 0) is 21.5 Å². The van der Waals surface area contributed by atoms with Crippen molar-refractivity contribution in [3.63, 3.8) is 0 Å². The summed E-state index contributed by atoms with van der Waals surface area (Å²) in [4.78, 5) is 12.6. The molecule has 3 aromatic rings. The van der Waals surface area contributed by atoms with Crippen LogP contribution in [0.15, 0.2) is 72.8 Å². The summed E-state index contributed by atoms with van der Waals surface area (Å²) in [5.41, 5.74) is 1.42. The van der Waals surface area contributed by atoms with Gasteiger partial charge in [0.1, 0.15) is 6.54 Å². The van der Waals surface area contributed by atoms with Crippen molar-refractivity contribution in [3.8, 4) is 0 Å². The van der Waals surface area contributed by atoms with E-state index in [0.717, 1.165) is 24.9 Å². The third kappa shape index (κ3) is 4.32. The minimum absolute atomic E-state index is 0.296. The van der Waals surface area contributed by atoms with E-state index in [9.17, 15) is 13.2 Å². The Balaban J connectivity index is 1.77. The summed E-state index contributed by atoms with van der Waals surface area (Å²) in [5.74, 6) is -0.373. The highest BCUT2D eigenvalue weighted by Gasteiger charge is 2.27. The van der Waals surface area contributed by atoms with Gasteiger partial charge in [-0.05, 0) is 28.5 Å². The Hall–Kier alpha value is -2.90. The van der Waals surface area contributed by atoms with E-state index in [1.807, 2.05) is 42.5 Å². The molecule has 1 amide bonds. The van der Waals surface area contributed by atoms with E-state index in [1.165, 1.54) is 14.1 Å². The molecular formula is C21H23N3O3S. The highest BCUT2D eigenvalue weighted by Crippen LogP contribution is 2.20. The Bertz CT molecular complexity index is 1060. The first-order valence-corrected chi connectivity index (χ1v) is 10.3. The van der Waals surface area contributed by atoms with Crippen LogP contribution in [0, 0.1) is 0 Å². The fourth-order valence-corrected chi connectivity index (χ4v) is 3.99. The lowest BCUT2D eigenvalue weighted by Gasteiger charge is -2.26. The van der Waals surface area contributed by atoms with Crippen LogP contribution in [-0.4, -0.2) is 39.3 Å². The number of anilines is 1. The summed E-state index contributed by atoms with van der Waals surface area (Å²) in [6, 6.07) is 22.5. The minimum Gasteiger partial charge on any atom is -0.350 e. The van der Waals surface area contributed by atoms with E-state index in [0.29, 0.717) is 12.2 Å². The van der Waals surface area contributed by atoms with Crippen LogP contribution < -0.4 is 9.62 Å². The number of carbonyl (C=O) groups is 1. The first-order valence-electron chi connectivity index (χ1n) is 8.88. The van der Waals surface area contributed by atoms with E-state index in [-0.39, 0.29) is 12.5 Å². The van der Waals surface area contributed by atoms with Gasteiger partial charge in [-0.25, -0.2) is 4.31 Å². The van der Waals surface area contributed by atoms with Crippen LogP contribution >= 0.6 is 0 Å². The molecule has 3 aromatic carbocycles. The predicted octanol–water partition coefficient (Wildman–Crippen LogP) is 2.77. The van der Waals surface area contributed by atoms with Gasteiger partial charge in [-0.2, -0.15) is 12.7 Å². The Labute approximate surface area is 165 Å². The van der Waals surface area contributed by atoms with Crippen LogP contribution in [0.25, 0.3) is 10.8 Å². The van der Waals surface area contributed by atoms with Crippen molar-refractivity contribution in [2.75, 3.05) is 24.9 Å². The van der Waals surface area contributed by atoms with E-state index >= 15 is 0 Å². The average Bonchev–Trinajstić information content (AvgIpc) is 2.70. The van der Waals surface area contributed by atoms with Gasteiger partial charge in [-0.15, -0.1) is 0 Å². The van der Waals surface area contributed by atoms with Gasteiger partial charge in [0.2, 0.25) is 5.91 Å². The molecule has 0 saturated carbocycles. The molecule has 0 atom stereocenters. The normalized spacial score (nSPS) is 11.5. The van der Waals surface area contributed by atoms with Crippen molar-refractivity contribution in [3.05, 3.63) is 78.4 Å². The summed E-state index contributed by atoms with van der Waals surface area (Å²) in [5, 5.41) is 4.99.